The minimum Gasteiger partial charge on any atom is -0.377 e. The summed E-state index contributed by atoms with van der Waals surface area (Å²) >= 11 is 0. The molecule has 1 amide bonds. The van der Waals surface area contributed by atoms with Crippen molar-refractivity contribution in [1.29, 1.82) is 0 Å². The van der Waals surface area contributed by atoms with Gasteiger partial charge >= 0.3 is 0 Å². The lowest BCUT2D eigenvalue weighted by Crippen LogP contribution is -2.47. The Morgan fingerprint density at radius 3 is 3.24 bits per heavy atom. The Balaban J connectivity index is 1.98. The molecule has 0 aromatic carbocycles. The topological polar surface area (TPSA) is 76.4 Å². The summed E-state index contributed by atoms with van der Waals surface area (Å²) in [6.45, 7) is 4.03. The highest BCUT2D eigenvalue weighted by molar-refractivity contribution is 5.92. The number of methoxy groups -OCH3 is 1. The molecule has 17 heavy (non-hydrogen) atoms. The molecular formula is C11H17N3O3. The second kappa shape index (κ2) is 4.85. The van der Waals surface area contributed by atoms with Crippen LogP contribution in [0, 0.1) is 0 Å². The summed E-state index contributed by atoms with van der Waals surface area (Å²) in [5.41, 5.74) is 0.0995. The van der Waals surface area contributed by atoms with E-state index in [1.54, 1.807) is 13.2 Å². The number of nitrogens with zero attached hydrogens (tertiary/aromatic N) is 1. The average Bonchev–Trinajstić information content (AvgIpc) is 2.88. The summed E-state index contributed by atoms with van der Waals surface area (Å²) in [6.07, 6.45) is 0.918. The molecule has 0 aliphatic carbocycles. The van der Waals surface area contributed by atoms with Crippen molar-refractivity contribution in [3.63, 3.8) is 0 Å². The summed E-state index contributed by atoms with van der Waals surface area (Å²) < 4.78 is 9.87. The van der Waals surface area contributed by atoms with Crippen LogP contribution in [0.25, 0.3) is 0 Å². The SMILES string of the molecule is COCc1cc(C(=O)NC2(C)CCNC2)no1. The maximum Gasteiger partial charge on any atom is 0.273 e. The van der Waals surface area contributed by atoms with Crippen LogP contribution in [0.4, 0.5) is 0 Å². The van der Waals surface area contributed by atoms with Crippen molar-refractivity contribution in [3.8, 4) is 0 Å². The first-order valence-electron chi connectivity index (χ1n) is 5.61. The monoisotopic (exact) mass is 239 g/mol. The van der Waals surface area contributed by atoms with E-state index in [4.69, 9.17) is 9.26 Å². The Morgan fingerprint density at radius 2 is 2.59 bits per heavy atom. The van der Waals surface area contributed by atoms with Crippen LogP contribution in [0.15, 0.2) is 10.6 Å². The van der Waals surface area contributed by atoms with Crippen LogP contribution in [0.2, 0.25) is 0 Å². The first-order valence-corrected chi connectivity index (χ1v) is 5.61. The molecule has 1 aliphatic heterocycles. The van der Waals surface area contributed by atoms with E-state index in [1.165, 1.54) is 0 Å². The van der Waals surface area contributed by atoms with E-state index >= 15 is 0 Å². The van der Waals surface area contributed by atoms with Gasteiger partial charge in [-0.05, 0) is 19.9 Å². The minimum absolute atomic E-state index is 0.197. The number of hydrogen-bond acceptors (Lipinski definition) is 5. The molecule has 1 unspecified atom stereocenters. The molecule has 2 rings (SSSR count). The molecule has 1 aliphatic rings. The van der Waals surface area contributed by atoms with Crippen molar-refractivity contribution in [3.05, 3.63) is 17.5 Å². The van der Waals surface area contributed by atoms with Gasteiger partial charge in [-0.3, -0.25) is 4.79 Å². The molecule has 2 heterocycles. The maximum atomic E-state index is 11.9. The van der Waals surface area contributed by atoms with Gasteiger partial charge in [0.05, 0.1) is 5.54 Å². The van der Waals surface area contributed by atoms with Crippen LogP contribution in [0.1, 0.15) is 29.6 Å². The van der Waals surface area contributed by atoms with Gasteiger partial charge in [-0.2, -0.15) is 0 Å². The summed E-state index contributed by atoms with van der Waals surface area (Å²) in [7, 11) is 1.56. The fourth-order valence-electron chi connectivity index (χ4n) is 1.89. The van der Waals surface area contributed by atoms with Crippen LogP contribution < -0.4 is 10.6 Å². The predicted molar refractivity (Wildman–Crippen MR) is 60.6 cm³/mol. The van der Waals surface area contributed by atoms with Crippen molar-refractivity contribution < 1.29 is 14.1 Å². The molecule has 0 spiro atoms. The van der Waals surface area contributed by atoms with E-state index in [1.807, 2.05) is 6.92 Å². The number of nitrogens with one attached hydrogen (secondary N) is 2. The Hall–Kier alpha value is -1.40. The van der Waals surface area contributed by atoms with Crippen LogP contribution >= 0.6 is 0 Å². The van der Waals surface area contributed by atoms with Crippen molar-refractivity contribution in [2.45, 2.75) is 25.5 Å². The molecule has 1 saturated heterocycles. The highest BCUT2D eigenvalue weighted by Crippen LogP contribution is 2.14. The van der Waals surface area contributed by atoms with E-state index in [9.17, 15) is 4.79 Å². The lowest BCUT2D eigenvalue weighted by Gasteiger charge is -2.23. The molecular weight excluding hydrogens is 222 g/mol. The number of amides is 1. The molecule has 0 radical (unpaired) electrons. The first-order chi connectivity index (χ1) is 8.13. The number of ether oxygens (including phenoxy) is 1. The zero-order valence-corrected chi connectivity index (χ0v) is 10.1. The Kier molecular flexibility index (Phi) is 3.44. The van der Waals surface area contributed by atoms with Crippen molar-refractivity contribution in [2.24, 2.45) is 0 Å². The van der Waals surface area contributed by atoms with Crippen LogP contribution in [-0.2, 0) is 11.3 Å². The molecule has 1 aromatic heterocycles. The van der Waals surface area contributed by atoms with E-state index < -0.39 is 0 Å². The van der Waals surface area contributed by atoms with E-state index in [0.29, 0.717) is 18.1 Å². The van der Waals surface area contributed by atoms with Gasteiger partial charge in [0.15, 0.2) is 11.5 Å². The van der Waals surface area contributed by atoms with Crippen LogP contribution in [-0.4, -0.2) is 36.8 Å². The smallest absolute Gasteiger partial charge is 0.273 e. The molecule has 1 fully saturated rings. The average molecular weight is 239 g/mol. The molecule has 1 atom stereocenters. The molecule has 2 N–H and O–H groups in total. The maximum absolute atomic E-state index is 11.9. The molecule has 94 valence electrons. The Morgan fingerprint density at radius 1 is 1.76 bits per heavy atom. The zero-order valence-electron chi connectivity index (χ0n) is 10.1. The van der Waals surface area contributed by atoms with E-state index in [0.717, 1.165) is 19.5 Å². The lowest BCUT2D eigenvalue weighted by atomic mass is 10.0. The minimum atomic E-state index is -0.206. The quantitative estimate of drug-likeness (QED) is 0.790. The van der Waals surface area contributed by atoms with Crippen molar-refractivity contribution in [2.75, 3.05) is 20.2 Å². The van der Waals surface area contributed by atoms with Crippen molar-refractivity contribution >= 4 is 5.91 Å². The van der Waals surface area contributed by atoms with Gasteiger partial charge in [0.25, 0.3) is 5.91 Å². The van der Waals surface area contributed by atoms with Crippen LogP contribution in [0.3, 0.4) is 0 Å². The van der Waals surface area contributed by atoms with Gasteiger partial charge in [-0.1, -0.05) is 5.16 Å². The Labute approximate surface area is 99.7 Å². The summed E-state index contributed by atoms with van der Waals surface area (Å²) in [5.74, 6) is 0.342. The Bertz CT molecular complexity index is 396. The normalized spacial score (nSPS) is 23.9. The number of hydrogen-bond donors (Lipinski definition) is 2. The molecule has 0 saturated carbocycles. The predicted octanol–water partition coefficient (Wildman–Crippen LogP) is 0.303. The van der Waals surface area contributed by atoms with E-state index in [-0.39, 0.29) is 11.4 Å². The van der Waals surface area contributed by atoms with E-state index in [2.05, 4.69) is 15.8 Å². The second-order valence-corrected chi connectivity index (χ2v) is 4.55. The summed E-state index contributed by atoms with van der Waals surface area (Å²) in [4.78, 5) is 11.9. The van der Waals surface area contributed by atoms with Crippen LogP contribution in [0.5, 0.6) is 0 Å². The fraction of sp³-hybridized carbons (Fsp3) is 0.636. The van der Waals surface area contributed by atoms with Gasteiger partial charge in [0.1, 0.15) is 6.61 Å². The molecule has 1 aromatic rings. The summed E-state index contributed by atoms with van der Waals surface area (Å²) in [5, 5.41) is 9.90. The van der Waals surface area contributed by atoms with Gasteiger partial charge < -0.3 is 19.9 Å². The van der Waals surface area contributed by atoms with Gasteiger partial charge in [0, 0.05) is 19.7 Å². The molecule has 0 bridgehead atoms. The third-order valence-electron chi connectivity index (χ3n) is 2.86. The van der Waals surface area contributed by atoms with Crippen molar-refractivity contribution in [1.82, 2.24) is 15.8 Å². The number of rotatable bonds is 4. The number of carbonyl (C=O) groups is 1. The first kappa shape index (κ1) is 12.1. The number of carbonyl (C=O) groups excluding carboxylic acids is 1. The van der Waals surface area contributed by atoms with Gasteiger partial charge in [-0.15, -0.1) is 0 Å². The standard InChI is InChI=1S/C11H17N3O3/c1-11(3-4-12-7-11)13-10(15)9-5-8(6-16-2)17-14-9/h5,12H,3-4,6-7H2,1-2H3,(H,13,15). The third kappa shape index (κ3) is 2.83. The molecule has 6 heteroatoms. The highest BCUT2D eigenvalue weighted by atomic mass is 16.5. The molecule has 6 nitrogen and oxygen atoms in total. The highest BCUT2D eigenvalue weighted by Gasteiger charge is 2.31. The van der Waals surface area contributed by atoms with Gasteiger partial charge in [-0.25, -0.2) is 0 Å². The fourth-order valence-corrected chi connectivity index (χ4v) is 1.89. The zero-order chi connectivity index (χ0) is 12.3. The summed E-state index contributed by atoms with van der Waals surface area (Å²) in [6, 6.07) is 1.60. The largest absolute Gasteiger partial charge is 0.377 e. The number of aromatic nitrogens is 1. The lowest BCUT2D eigenvalue weighted by molar-refractivity contribution is 0.0903. The third-order valence-corrected chi connectivity index (χ3v) is 2.86. The second-order valence-electron chi connectivity index (χ2n) is 4.55. The van der Waals surface area contributed by atoms with Gasteiger partial charge in [0.2, 0.25) is 0 Å².